The third kappa shape index (κ3) is 3.76. The summed E-state index contributed by atoms with van der Waals surface area (Å²) in [5.41, 5.74) is 1.28. The zero-order chi connectivity index (χ0) is 15.4. The van der Waals surface area contributed by atoms with Crippen LogP contribution in [0.15, 0.2) is 65.6 Å². The van der Waals surface area contributed by atoms with Crippen LogP contribution in [0.1, 0.15) is 12.0 Å². The van der Waals surface area contributed by atoms with Crippen molar-refractivity contribution in [1.82, 2.24) is 0 Å². The molecule has 116 valence electrons. The summed E-state index contributed by atoms with van der Waals surface area (Å²) in [7, 11) is -3.26. The van der Waals surface area contributed by atoms with Gasteiger partial charge in [0.2, 0.25) is 0 Å². The van der Waals surface area contributed by atoms with Gasteiger partial charge in [0, 0.05) is 0 Å². The van der Waals surface area contributed by atoms with Gasteiger partial charge in [0.25, 0.3) is 0 Å². The number of rotatable bonds is 5. The van der Waals surface area contributed by atoms with E-state index < -0.39 is 9.84 Å². The normalized spacial score (nSPS) is 21.8. The Morgan fingerprint density at radius 3 is 2.27 bits per heavy atom. The predicted octanol–water partition coefficient (Wildman–Crippen LogP) is 3.11. The molecule has 3 nitrogen and oxygen atoms in total. The van der Waals surface area contributed by atoms with Crippen molar-refractivity contribution in [1.29, 1.82) is 0 Å². The summed E-state index contributed by atoms with van der Waals surface area (Å²) < 4.78 is 30.5. The lowest BCUT2D eigenvalue weighted by atomic mass is 9.97. The number of benzene rings is 2. The quantitative estimate of drug-likeness (QED) is 0.851. The predicted molar refractivity (Wildman–Crippen MR) is 86.5 cm³/mol. The van der Waals surface area contributed by atoms with Crippen LogP contribution in [-0.2, 0) is 21.0 Å². The number of hydrogen-bond donors (Lipinski definition) is 0. The Hall–Kier alpha value is -1.65. The maximum atomic E-state index is 12.4. The Labute approximate surface area is 131 Å². The largest absolute Gasteiger partial charge is 0.377 e. The molecule has 1 heterocycles. The molecule has 1 aliphatic heterocycles. The van der Waals surface area contributed by atoms with Crippen molar-refractivity contribution in [2.45, 2.75) is 23.8 Å². The van der Waals surface area contributed by atoms with Crippen molar-refractivity contribution in [3.63, 3.8) is 0 Å². The summed E-state index contributed by atoms with van der Waals surface area (Å²) >= 11 is 0. The lowest BCUT2D eigenvalue weighted by molar-refractivity contribution is 0.122. The van der Waals surface area contributed by atoms with Crippen molar-refractivity contribution in [2.75, 3.05) is 12.4 Å². The van der Waals surface area contributed by atoms with Crippen molar-refractivity contribution in [3.05, 3.63) is 66.2 Å². The maximum absolute atomic E-state index is 12.4. The van der Waals surface area contributed by atoms with Crippen LogP contribution in [0.4, 0.5) is 0 Å². The summed E-state index contributed by atoms with van der Waals surface area (Å²) in [5.74, 6) is 0.473. The Morgan fingerprint density at radius 2 is 1.59 bits per heavy atom. The van der Waals surface area contributed by atoms with E-state index in [0.29, 0.717) is 17.4 Å². The highest BCUT2D eigenvalue weighted by molar-refractivity contribution is 7.91. The second kappa shape index (κ2) is 6.63. The van der Waals surface area contributed by atoms with Gasteiger partial charge in [-0.3, -0.25) is 0 Å². The average molecular weight is 316 g/mol. The highest BCUT2D eigenvalue weighted by Gasteiger charge is 2.30. The van der Waals surface area contributed by atoms with Crippen molar-refractivity contribution >= 4 is 9.84 Å². The first-order chi connectivity index (χ1) is 10.6. The minimum atomic E-state index is -3.26. The first-order valence-corrected chi connectivity index (χ1v) is 9.22. The van der Waals surface area contributed by atoms with Gasteiger partial charge in [-0.25, -0.2) is 8.42 Å². The molecule has 4 heteroatoms. The van der Waals surface area contributed by atoms with E-state index in [1.54, 1.807) is 24.3 Å². The first kappa shape index (κ1) is 15.3. The van der Waals surface area contributed by atoms with Crippen LogP contribution in [0.25, 0.3) is 0 Å². The highest BCUT2D eigenvalue weighted by atomic mass is 32.2. The van der Waals surface area contributed by atoms with Crippen LogP contribution < -0.4 is 0 Å². The number of sulfone groups is 1. The van der Waals surface area contributed by atoms with Gasteiger partial charge in [-0.2, -0.15) is 0 Å². The molecule has 0 aliphatic carbocycles. The Morgan fingerprint density at radius 1 is 0.955 bits per heavy atom. The second-order valence-electron chi connectivity index (χ2n) is 5.84. The summed E-state index contributed by atoms with van der Waals surface area (Å²) in [5, 5.41) is 0. The van der Waals surface area contributed by atoms with Crippen LogP contribution in [0.3, 0.4) is 0 Å². The molecule has 1 fully saturated rings. The molecular weight excluding hydrogens is 296 g/mol. The topological polar surface area (TPSA) is 43.4 Å². The fourth-order valence-electron chi connectivity index (χ4n) is 2.95. The maximum Gasteiger partial charge on any atom is 0.180 e. The molecule has 0 N–H and O–H groups in total. The molecule has 0 radical (unpaired) electrons. The molecule has 0 spiro atoms. The van der Waals surface area contributed by atoms with E-state index in [1.165, 1.54) is 5.56 Å². The molecule has 1 saturated heterocycles. The molecule has 2 atom stereocenters. The molecule has 3 rings (SSSR count). The van der Waals surface area contributed by atoms with Crippen molar-refractivity contribution in [2.24, 2.45) is 5.92 Å². The van der Waals surface area contributed by atoms with Crippen molar-refractivity contribution in [3.8, 4) is 0 Å². The van der Waals surface area contributed by atoms with Gasteiger partial charge in [-0.1, -0.05) is 48.5 Å². The van der Waals surface area contributed by atoms with Gasteiger partial charge in [0.15, 0.2) is 9.84 Å². The van der Waals surface area contributed by atoms with Crippen molar-refractivity contribution < 1.29 is 13.2 Å². The van der Waals surface area contributed by atoms with Gasteiger partial charge in [-0.05, 0) is 36.5 Å². The van der Waals surface area contributed by atoms with Crippen LogP contribution >= 0.6 is 0 Å². The van der Waals surface area contributed by atoms with E-state index in [1.807, 2.05) is 24.3 Å². The monoisotopic (exact) mass is 316 g/mol. The Bertz CT molecular complexity index is 696. The smallest absolute Gasteiger partial charge is 0.180 e. The van der Waals surface area contributed by atoms with E-state index in [2.05, 4.69) is 12.1 Å². The third-order valence-corrected chi connectivity index (χ3v) is 5.84. The van der Waals surface area contributed by atoms with Crippen LogP contribution in [-0.4, -0.2) is 26.9 Å². The van der Waals surface area contributed by atoms with Crippen LogP contribution in [0, 0.1) is 5.92 Å². The van der Waals surface area contributed by atoms with E-state index in [-0.39, 0.29) is 11.9 Å². The number of ether oxygens (including phenoxy) is 1. The molecule has 2 aromatic rings. The highest BCUT2D eigenvalue weighted by Crippen LogP contribution is 2.26. The third-order valence-electron chi connectivity index (χ3n) is 4.04. The molecular formula is C18H20O3S. The average Bonchev–Trinajstić information content (AvgIpc) is 2.95. The summed E-state index contributed by atoms with van der Waals surface area (Å²) in [4.78, 5) is 0.380. The molecule has 22 heavy (non-hydrogen) atoms. The Kier molecular flexibility index (Phi) is 4.60. The molecule has 0 bridgehead atoms. The van der Waals surface area contributed by atoms with Crippen LogP contribution in [0.5, 0.6) is 0 Å². The zero-order valence-corrected chi connectivity index (χ0v) is 13.2. The fraction of sp³-hybridized carbons (Fsp3) is 0.333. The van der Waals surface area contributed by atoms with E-state index >= 15 is 0 Å². The standard InChI is InChI=1S/C18H20O3S/c19-22(20,18-9-5-2-6-10-18)14-17-12-16(13-21-17)11-15-7-3-1-4-8-15/h1-10,16-17H,11-14H2/t16-,17+/m0/s1. The summed E-state index contributed by atoms with van der Waals surface area (Å²) in [6, 6.07) is 18.9. The van der Waals surface area contributed by atoms with Gasteiger partial charge in [0.05, 0.1) is 23.4 Å². The number of hydrogen-bond acceptors (Lipinski definition) is 3. The van der Waals surface area contributed by atoms with Gasteiger partial charge in [-0.15, -0.1) is 0 Å². The molecule has 0 aromatic heterocycles. The lowest BCUT2D eigenvalue weighted by Crippen LogP contribution is -2.20. The molecule has 0 amide bonds. The lowest BCUT2D eigenvalue weighted by Gasteiger charge is -2.10. The molecule has 0 unspecified atom stereocenters. The summed E-state index contributed by atoms with van der Waals surface area (Å²) in [6.07, 6.45) is 1.56. The minimum Gasteiger partial charge on any atom is -0.377 e. The molecule has 2 aromatic carbocycles. The minimum absolute atomic E-state index is 0.0717. The first-order valence-electron chi connectivity index (χ1n) is 7.57. The van der Waals surface area contributed by atoms with Gasteiger partial charge < -0.3 is 4.74 Å². The van der Waals surface area contributed by atoms with E-state index in [4.69, 9.17) is 4.74 Å². The molecule has 1 aliphatic rings. The zero-order valence-electron chi connectivity index (χ0n) is 12.4. The second-order valence-corrected chi connectivity index (χ2v) is 7.88. The van der Waals surface area contributed by atoms with Gasteiger partial charge >= 0.3 is 0 Å². The molecule has 0 saturated carbocycles. The fourth-order valence-corrected chi connectivity index (χ4v) is 4.44. The van der Waals surface area contributed by atoms with Crippen LogP contribution in [0.2, 0.25) is 0 Å². The Balaban J connectivity index is 1.59. The van der Waals surface area contributed by atoms with E-state index in [0.717, 1.165) is 12.8 Å². The summed E-state index contributed by atoms with van der Waals surface area (Å²) in [6.45, 7) is 0.643. The SMILES string of the molecule is O=S(=O)(C[C@H]1C[C@H](Cc2ccccc2)CO1)c1ccccc1. The van der Waals surface area contributed by atoms with Gasteiger partial charge in [0.1, 0.15) is 0 Å². The van der Waals surface area contributed by atoms with E-state index in [9.17, 15) is 8.42 Å².